The SMILES string of the molecule is Cn1c(Cc2ccc(Br)cc2)nc(-c2ncc(Cc3ccc(F)cc3)o2)c(O)c1=O.Cn1c(Cc2ccc(Br)cc2)nc(-c2ncc(Cc3ccc(F)cc3)o2)c(OCc2ccccc2)c1=O.[I-]. The number of oxazole rings is 2. The van der Waals surface area contributed by atoms with Gasteiger partial charge in [0.15, 0.2) is 11.4 Å². The summed E-state index contributed by atoms with van der Waals surface area (Å²) in [5.41, 5.74) is 3.93. The zero-order chi connectivity index (χ0) is 47.0. The van der Waals surface area contributed by atoms with Crippen LogP contribution in [0, 0.1) is 11.6 Å². The van der Waals surface area contributed by atoms with Crippen LogP contribution in [0.3, 0.4) is 0 Å². The molecule has 12 nitrogen and oxygen atoms in total. The molecule has 0 amide bonds. The van der Waals surface area contributed by atoms with Crippen molar-refractivity contribution in [2.24, 2.45) is 14.1 Å². The third-order valence-electron chi connectivity index (χ3n) is 10.6. The average molecular weight is 1160 g/mol. The molecule has 0 saturated heterocycles. The predicted molar refractivity (Wildman–Crippen MR) is 255 cm³/mol. The molecule has 1 N–H and O–H groups in total. The molecule has 5 aromatic carbocycles. The van der Waals surface area contributed by atoms with Gasteiger partial charge in [0.1, 0.15) is 41.4 Å². The van der Waals surface area contributed by atoms with E-state index in [4.69, 9.17) is 18.6 Å². The quantitative estimate of drug-likeness (QED) is 0.116. The van der Waals surface area contributed by atoms with E-state index in [2.05, 4.69) is 46.8 Å². The number of rotatable bonds is 13. The molecule has 9 aromatic rings. The molecule has 68 heavy (non-hydrogen) atoms. The lowest BCUT2D eigenvalue weighted by molar-refractivity contribution is -0.0000173. The van der Waals surface area contributed by atoms with E-state index in [9.17, 15) is 23.5 Å². The monoisotopic (exact) mass is 1160 g/mol. The molecule has 0 bridgehead atoms. The van der Waals surface area contributed by atoms with Crippen molar-refractivity contribution in [2.45, 2.75) is 32.3 Å². The van der Waals surface area contributed by atoms with Crippen molar-refractivity contribution in [3.63, 3.8) is 0 Å². The summed E-state index contributed by atoms with van der Waals surface area (Å²) >= 11 is 6.84. The second kappa shape index (κ2) is 22.5. The van der Waals surface area contributed by atoms with Crippen molar-refractivity contribution < 1.29 is 51.4 Å². The number of aromatic hydroxyl groups is 1. The van der Waals surface area contributed by atoms with Crippen LogP contribution < -0.4 is 39.8 Å². The molecule has 0 unspecified atom stereocenters. The molecule has 17 heteroatoms. The first-order valence-electron chi connectivity index (χ1n) is 20.8. The van der Waals surface area contributed by atoms with Crippen molar-refractivity contribution in [3.05, 3.63) is 232 Å². The van der Waals surface area contributed by atoms with E-state index in [0.29, 0.717) is 48.9 Å². The van der Waals surface area contributed by atoms with Gasteiger partial charge in [0.25, 0.3) is 11.1 Å². The van der Waals surface area contributed by atoms with Gasteiger partial charge < -0.3 is 42.7 Å². The standard InChI is InChI=1S/C29H23BrFN3O3.C22H17BrFN3O3.HI/c1-34-25(16-20-7-11-22(30)12-8-20)33-26(27(29(34)35)36-18-21-5-3-2-4-6-21)28-32-17-24(37-28)15-19-9-13-23(31)14-10-19;1-27-18(11-14-2-6-15(23)7-3-14)26-19(20(28)22(27)29)21-25-12-17(30-21)10-13-4-8-16(24)9-5-13;/h2-14,17H,15-16,18H2,1H3;2-9,12,28H,10-11H2,1H3;1H/p-1. The highest BCUT2D eigenvalue weighted by Crippen LogP contribution is 2.29. The van der Waals surface area contributed by atoms with E-state index < -0.39 is 11.3 Å². The van der Waals surface area contributed by atoms with Crippen LogP contribution in [0.4, 0.5) is 8.78 Å². The van der Waals surface area contributed by atoms with Crippen molar-refractivity contribution in [1.29, 1.82) is 0 Å². The summed E-state index contributed by atoms with van der Waals surface area (Å²) in [6, 6.07) is 37.3. The molecule has 0 aliphatic heterocycles. The van der Waals surface area contributed by atoms with Gasteiger partial charge in [-0.1, -0.05) is 111 Å². The van der Waals surface area contributed by atoms with Gasteiger partial charge in [-0.05, 0) is 76.3 Å². The van der Waals surface area contributed by atoms with Gasteiger partial charge in [-0.25, -0.2) is 28.7 Å². The molecule has 0 fully saturated rings. The zero-order valence-corrected chi connectivity index (χ0v) is 41.7. The number of ether oxygens (including phenoxy) is 1. The van der Waals surface area contributed by atoms with Crippen LogP contribution in [-0.2, 0) is 46.4 Å². The fourth-order valence-corrected chi connectivity index (χ4v) is 7.43. The lowest BCUT2D eigenvalue weighted by atomic mass is 10.1. The molecule has 0 saturated carbocycles. The molecule has 0 radical (unpaired) electrons. The minimum absolute atomic E-state index is 0. The van der Waals surface area contributed by atoms with E-state index in [1.807, 2.05) is 78.9 Å². The van der Waals surface area contributed by atoms with Crippen molar-refractivity contribution >= 4 is 31.9 Å². The highest BCUT2D eigenvalue weighted by molar-refractivity contribution is 9.10. The summed E-state index contributed by atoms with van der Waals surface area (Å²) in [6.07, 6.45) is 4.75. The molecule has 4 aromatic heterocycles. The lowest BCUT2D eigenvalue weighted by Gasteiger charge is -2.14. The lowest BCUT2D eigenvalue weighted by Crippen LogP contribution is -3.00. The van der Waals surface area contributed by atoms with Gasteiger partial charge >= 0.3 is 0 Å². The maximum absolute atomic E-state index is 13.5. The van der Waals surface area contributed by atoms with Gasteiger partial charge in [0.05, 0.1) is 12.4 Å². The number of benzene rings is 5. The van der Waals surface area contributed by atoms with Crippen LogP contribution in [0.5, 0.6) is 11.5 Å². The van der Waals surface area contributed by atoms with Gasteiger partial charge in [0, 0.05) is 48.7 Å². The van der Waals surface area contributed by atoms with Crippen LogP contribution in [0.25, 0.3) is 23.2 Å². The first kappa shape index (κ1) is 49.3. The van der Waals surface area contributed by atoms with Crippen LogP contribution >= 0.6 is 31.9 Å². The summed E-state index contributed by atoms with van der Waals surface area (Å²) in [6.45, 7) is 0.194. The fourth-order valence-electron chi connectivity index (χ4n) is 6.90. The van der Waals surface area contributed by atoms with E-state index in [0.717, 1.165) is 36.8 Å². The summed E-state index contributed by atoms with van der Waals surface area (Å²) < 4.78 is 48.8. The Morgan fingerprint density at radius 3 is 1.46 bits per heavy atom. The summed E-state index contributed by atoms with van der Waals surface area (Å²) in [4.78, 5) is 43.8. The van der Waals surface area contributed by atoms with Gasteiger partial charge in [-0.2, -0.15) is 0 Å². The number of nitrogens with zero attached hydrogens (tertiary/aromatic N) is 6. The smallest absolute Gasteiger partial charge is 0.296 e. The fraction of sp³-hybridized carbons (Fsp3) is 0.137. The molecule has 0 atom stereocenters. The number of hydrogen-bond acceptors (Lipinski definition) is 10. The molecule has 346 valence electrons. The molecule has 9 rings (SSSR count). The van der Waals surface area contributed by atoms with Gasteiger partial charge in [-0.3, -0.25) is 18.7 Å². The van der Waals surface area contributed by atoms with E-state index >= 15 is 0 Å². The Morgan fingerprint density at radius 1 is 0.559 bits per heavy atom. The Hall–Kier alpha value is -6.57. The molecule has 0 aliphatic carbocycles. The van der Waals surface area contributed by atoms with Crippen LogP contribution in [0.2, 0.25) is 0 Å². The molecule has 0 spiro atoms. The van der Waals surface area contributed by atoms with Gasteiger partial charge in [-0.15, -0.1) is 0 Å². The van der Waals surface area contributed by atoms with Crippen LogP contribution in [0.15, 0.2) is 167 Å². The number of hydrogen-bond donors (Lipinski definition) is 1. The number of aromatic nitrogens is 6. The summed E-state index contributed by atoms with van der Waals surface area (Å²) in [5.74, 6) is 1.26. The average Bonchev–Trinajstić information content (AvgIpc) is 4.01. The normalized spacial score (nSPS) is 10.9. The second-order valence-corrected chi connectivity index (χ2v) is 17.2. The topological polar surface area (TPSA) is 151 Å². The summed E-state index contributed by atoms with van der Waals surface area (Å²) in [7, 11) is 3.24. The maximum Gasteiger partial charge on any atom is 0.296 e. The zero-order valence-electron chi connectivity index (χ0n) is 36.4. The minimum atomic E-state index is -0.578. The first-order chi connectivity index (χ1) is 32.4. The molecule has 0 aliphatic rings. The summed E-state index contributed by atoms with van der Waals surface area (Å²) in [5, 5.41) is 10.3. The van der Waals surface area contributed by atoms with Crippen LogP contribution in [-0.4, -0.2) is 34.2 Å². The van der Waals surface area contributed by atoms with Crippen LogP contribution in [0.1, 0.15) is 51.0 Å². The third-order valence-corrected chi connectivity index (χ3v) is 11.6. The highest BCUT2D eigenvalue weighted by atomic mass is 127. The second-order valence-electron chi connectivity index (χ2n) is 15.4. The Bertz CT molecular complexity index is 3260. The van der Waals surface area contributed by atoms with Crippen molar-refractivity contribution in [3.8, 4) is 34.7 Å². The predicted octanol–water partition coefficient (Wildman–Crippen LogP) is 7.33. The first-order valence-corrected chi connectivity index (χ1v) is 22.4. The Labute approximate surface area is 422 Å². The van der Waals surface area contributed by atoms with E-state index in [-0.39, 0.29) is 76.7 Å². The molecular weight excluding hydrogens is 1120 g/mol. The maximum atomic E-state index is 13.5. The molecule has 4 heterocycles. The van der Waals surface area contributed by atoms with E-state index in [1.54, 1.807) is 44.6 Å². The number of halogens is 5. The van der Waals surface area contributed by atoms with Crippen molar-refractivity contribution in [1.82, 2.24) is 29.1 Å². The molecular formula is C51H40Br2F2IN6O6-. The Kier molecular flexibility index (Phi) is 16.3. The Morgan fingerprint density at radius 2 is 0.971 bits per heavy atom. The van der Waals surface area contributed by atoms with Gasteiger partial charge in [0.2, 0.25) is 23.3 Å². The van der Waals surface area contributed by atoms with E-state index in [1.165, 1.54) is 39.6 Å². The van der Waals surface area contributed by atoms with Crippen molar-refractivity contribution in [2.75, 3.05) is 0 Å². The largest absolute Gasteiger partial charge is 1.00 e. The Balaban J connectivity index is 0.000000203. The highest BCUT2D eigenvalue weighted by Gasteiger charge is 2.23. The minimum Gasteiger partial charge on any atom is -1.00 e. The third kappa shape index (κ3) is 12.3.